The summed E-state index contributed by atoms with van der Waals surface area (Å²) in [6.07, 6.45) is 4.72. The van der Waals surface area contributed by atoms with Crippen LogP contribution in [0.2, 0.25) is 0 Å². The minimum Gasteiger partial charge on any atom is -0.333 e. The van der Waals surface area contributed by atoms with Crippen LogP contribution in [-0.2, 0) is 9.59 Å². The zero-order valence-corrected chi connectivity index (χ0v) is 12.7. The Balaban J connectivity index is 1.71. The summed E-state index contributed by atoms with van der Waals surface area (Å²) in [5, 5.41) is 7.96. The Kier molecular flexibility index (Phi) is 3.79. The number of hydrogen-bond donors (Lipinski definition) is 1. The van der Waals surface area contributed by atoms with Gasteiger partial charge in [-0.2, -0.15) is 5.10 Å². The van der Waals surface area contributed by atoms with Crippen molar-refractivity contribution in [1.29, 1.82) is 0 Å². The Labute approximate surface area is 128 Å². The molecule has 7 nitrogen and oxygen atoms in total. The van der Waals surface area contributed by atoms with E-state index in [9.17, 15) is 9.59 Å². The summed E-state index contributed by atoms with van der Waals surface area (Å²) >= 11 is 0. The molecule has 0 bridgehead atoms. The number of fused-ring (bicyclic) bond motifs is 1. The van der Waals surface area contributed by atoms with E-state index in [4.69, 9.17) is 0 Å². The molecule has 7 heteroatoms. The first kappa shape index (κ1) is 14.5. The second-order valence-electron chi connectivity index (χ2n) is 5.79. The molecule has 1 aliphatic heterocycles. The van der Waals surface area contributed by atoms with E-state index in [1.165, 1.54) is 0 Å². The molecular formula is C15H19N5O2. The molecule has 116 valence electrons. The van der Waals surface area contributed by atoms with Gasteiger partial charge < -0.3 is 10.2 Å². The maximum absolute atomic E-state index is 12.0. The Morgan fingerprint density at radius 1 is 1.41 bits per heavy atom. The lowest BCUT2D eigenvalue weighted by molar-refractivity contribution is -0.131. The summed E-state index contributed by atoms with van der Waals surface area (Å²) in [5.41, 5.74) is 1.41. The second kappa shape index (κ2) is 5.75. The molecule has 2 aromatic heterocycles. The molecule has 3 heterocycles. The lowest BCUT2D eigenvalue weighted by atomic mass is 10.3. The molecule has 0 saturated carbocycles. The molecule has 1 aliphatic rings. The summed E-state index contributed by atoms with van der Waals surface area (Å²) < 4.78 is 1.84. The van der Waals surface area contributed by atoms with Crippen molar-refractivity contribution in [2.24, 2.45) is 0 Å². The molecular weight excluding hydrogens is 282 g/mol. The summed E-state index contributed by atoms with van der Waals surface area (Å²) in [6, 6.07) is 2.07. The topological polar surface area (TPSA) is 80.1 Å². The molecule has 1 saturated heterocycles. The van der Waals surface area contributed by atoms with Crippen molar-refractivity contribution in [3.63, 3.8) is 0 Å². The van der Waals surface area contributed by atoms with Crippen LogP contribution < -0.4 is 5.32 Å². The van der Waals surface area contributed by atoms with Crippen LogP contribution in [0.25, 0.3) is 11.0 Å². The van der Waals surface area contributed by atoms with E-state index in [2.05, 4.69) is 15.4 Å². The molecule has 2 aromatic rings. The number of anilines is 1. The van der Waals surface area contributed by atoms with Gasteiger partial charge in [0.1, 0.15) is 0 Å². The standard InChI is InChI=1S/C15H19N5O2/c1-10(2)20-15-11(7-17-20)6-12(8-16-15)18-13(21)9-19-5-3-4-14(19)22/h6-8,10H,3-5,9H2,1-2H3,(H,18,21). The number of likely N-dealkylation sites (tertiary alicyclic amines) is 1. The third-order valence-electron chi connectivity index (χ3n) is 3.71. The number of carbonyl (C=O) groups excluding carboxylic acids is 2. The second-order valence-corrected chi connectivity index (χ2v) is 5.79. The number of amides is 2. The van der Waals surface area contributed by atoms with Gasteiger partial charge in [0.2, 0.25) is 11.8 Å². The zero-order chi connectivity index (χ0) is 15.7. The van der Waals surface area contributed by atoms with Crippen molar-refractivity contribution >= 4 is 28.5 Å². The molecule has 1 N–H and O–H groups in total. The van der Waals surface area contributed by atoms with Gasteiger partial charge in [0, 0.05) is 24.4 Å². The maximum atomic E-state index is 12.0. The minimum absolute atomic E-state index is 0.0435. The van der Waals surface area contributed by atoms with E-state index < -0.39 is 0 Å². The molecule has 3 rings (SSSR count). The molecule has 0 atom stereocenters. The SMILES string of the molecule is CC(C)n1ncc2cc(NC(=O)CN3CCCC3=O)cnc21. The van der Waals surface area contributed by atoms with Gasteiger partial charge in [0.15, 0.2) is 5.65 Å². The summed E-state index contributed by atoms with van der Waals surface area (Å²) in [5.74, 6) is -0.158. The van der Waals surface area contributed by atoms with Gasteiger partial charge in [-0.05, 0) is 26.3 Å². The average molecular weight is 301 g/mol. The highest BCUT2D eigenvalue weighted by Crippen LogP contribution is 2.19. The minimum atomic E-state index is -0.201. The predicted molar refractivity (Wildman–Crippen MR) is 82.4 cm³/mol. The van der Waals surface area contributed by atoms with E-state index in [1.807, 2.05) is 24.6 Å². The molecule has 0 unspecified atom stereocenters. The Bertz CT molecular complexity index is 722. The van der Waals surface area contributed by atoms with Crippen molar-refractivity contribution in [2.45, 2.75) is 32.7 Å². The Hall–Kier alpha value is -2.44. The monoisotopic (exact) mass is 301 g/mol. The number of carbonyl (C=O) groups is 2. The predicted octanol–water partition coefficient (Wildman–Crippen LogP) is 1.57. The van der Waals surface area contributed by atoms with Crippen LogP contribution in [-0.4, -0.2) is 44.6 Å². The van der Waals surface area contributed by atoms with Crippen molar-refractivity contribution in [1.82, 2.24) is 19.7 Å². The number of aromatic nitrogens is 3. The van der Waals surface area contributed by atoms with Crippen LogP contribution in [0.4, 0.5) is 5.69 Å². The zero-order valence-electron chi connectivity index (χ0n) is 12.7. The van der Waals surface area contributed by atoms with Crippen molar-refractivity contribution < 1.29 is 9.59 Å². The van der Waals surface area contributed by atoms with E-state index in [-0.39, 0.29) is 24.4 Å². The van der Waals surface area contributed by atoms with Gasteiger partial charge >= 0.3 is 0 Å². The number of nitrogens with one attached hydrogen (secondary N) is 1. The van der Waals surface area contributed by atoms with Gasteiger partial charge in [-0.15, -0.1) is 0 Å². The van der Waals surface area contributed by atoms with Crippen molar-refractivity contribution in [3.8, 4) is 0 Å². The fourth-order valence-electron chi connectivity index (χ4n) is 2.63. The summed E-state index contributed by atoms with van der Waals surface area (Å²) in [4.78, 5) is 29.5. The number of nitrogens with zero attached hydrogens (tertiary/aromatic N) is 4. The molecule has 2 amide bonds. The lowest BCUT2D eigenvalue weighted by Gasteiger charge is -2.14. The first-order valence-electron chi connectivity index (χ1n) is 7.45. The van der Waals surface area contributed by atoms with Crippen molar-refractivity contribution in [2.75, 3.05) is 18.4 Å². The third-order valence-corrected chi connectivity index (χ3v) is 3.71. The van der Waals surface area contributed by atoms with Crippen LogP contribution in [0.1, 0.15) is 32.7 Å². The molecule has 0 spiro atoms. The third kappa shape index (κ3) is 2.79. The van der Waals surface area contributed by atoms with Crippen LogP contribution >= 0.6 is 0 Å². The van der Waals surface area contributed by atoms with Gasteiger partial charge in [-0.1, -0.05) is 0 Å². The normalized spacial score (nSPS) is 15.0. The largest absolute Gasteiger partial charge is 0.333 e. The first-order chi connectivity index (χ1) is 10.5. The summed E-state index contributed by atoms with van der Waals surface area (Å²) in [6.45, 7) is 4.83. The van der Waals surface area contributed by atoms with E-state index >= 15 is 0 Å². The molecule has 0 aromatic carbocycles. The highest BCUT2D eigenvalue weighted by molar-refractivity contribution is 5.96. The number of hydrogen-bond acceptors (Lipinski definition) is 4. The van der Waals surface area contributed by atoms with Gasteiger partial charge in [-0.25, -0.2) is 9.67 Å². The van der Waals surface area contributed by atoms with Crippen LogP contribution in [0.3, 0.4) is 0 Å². The Morgan fingerprint density at radius 3 is 2.91 bits per heavy atom. The molecule has 0 radical (unpaired) electrons. The van der Waals surface area contributed by atoms with Crippen LogP contribution in [0.15, 0.2) is 18.5 Å². The van der Waals surface area contributed by atoms with E-state index in [1.54, 1.807) is 17.3 Å². The lowest BCUT2D eigenvalue weighted by Crippen LogP contribution is -2.33. The van der Waals surface area contributed by atoms with E-state index in [0.29, 0.717) is 18.7 Å². The van der Waals surface area contributed by atoms with Gasteiger partial charge in [0.25, 0.3) is 0 Å². The molecule has 22 heavy (non-hydrogen) atoms. The number of pyridine rings is 1. The van der Waals surface area contributed by atoms with Crippen LogP contribution in [0, 0.1) is 0 Å². The molecule has 0 aliphatic carbocycles. The van der Waals surface area contributed by atoms with E-state index in [0.717, 1.165) is 17.5 Å². The highest BCUT2D eigenvalue weighted by atomic mass is 16.2. The fraction of sp³-hybridized carbons (Fsp3) is 0.467. The Morgan fingerprint density at radius 2 is 2.23 bits per heavy atom. The van der Waals surface area contributed by atoms with Gasteiger partial charge in [0.05, 0.1) is 24.6 Å². The first-order valence-corrected chi connectivity index (χ1v) is 7.45. The maximum Gasteiger partial charge on any atom is 0.244 e. The smallest absolute Gasteiger partial charge is 0.244 e. The highest BCUT2D eigenvalue weighted by Gasteiger charge is 2.22. The number of rotatable bonds is 4. The fourth-order valence-corrected chi connectivity index (χ4v) is 2.63. The van der Waals surface area contributed by atoms with Crippen LogP contribution in [0.5, 0.6) is 0 Å². The average Bonchev–Trinajstić information content (AvgIpc) is 3.05. The summed E-state index contributed by atoms with van der Waals surface area (Å²) in [7, 11) is 0. The van der Waals surface area contributed by atoms with Gasteiger partial charge in [-0.3, -0.25) is 9.59 Å². The molecule has 1 fully saturated rings. The quantitative estimate of drug-likeness (QED) is 0.929. The van der Waals surface area contributed by atoms with Crippen molar-refractivity contribution in [3.05, 3.63) is 18.5 Å².